The van der Waals surface area contributed by atoms with Gasteiger partial charge in [-0.2, -0.15) is 0 Å². The Labute approximate surface area is 135 Å². The third-order valence-electron chi connectivity index (χ3n) is 3.61. The van der Waals surface area contributed by atoms with Gasteiger partial charge < -0.3 is 19.7 Å². The van der Waals surface area contributed by atoms with Crippen LogP contribution >= 0.6 is 0 Å². The van der Waals surface area contributed by atoms with E-state index in [2.05, 4.69) is 10.1 Å². The van der Waals surface area contributed by atoms with Crippen LogP contribution in [0.5, 0.6) is 5.75 Å². The summed E-state index contributed by atoms with van der Waals surface area (Å²) in [5.41, 5.74) is 1.01. The van der Waals surface area contributed by atoms with Crippen molar-refractivity contribution in [3.63, 3.8) is 0 Å². The second kappa shape index (κ2) is 6.42. The number of nitrogens with zero attached hydrogens (tertiary/aromatic N) is 1. The van der Waals surface area contributed by atoms with Gasteiger partial charge in [0.1, 0.15) is 5.75 Å². The van der Waals surface area contributed by atoms with Gasteiger partial charge in [-0.25, -0.2) is 9.59 Å². The van der Waals surface area contributed by atoms with E-state index >= 15 is 0 Å². The number of hydrogen-bond donors (Lipinski definition) is 1. The van der Waals surface area contributed by atoms with Crippen molar-refractivity contribution in [2.45, 2.75) is 19.3 Å². The van der Waals surface area contributed by atoms with Gasteiger partial charge in [0.25, 0.3) is 0 Å². The summed E-state index contributed by atoms with van der Waals surface area (Å²) in [5, 5.41) is 2.61. The molecule has 0 aliphatic carbocycles. The van der Waals surface area contributed by atoms with Crippen LogP contribution in [0.2, 0.25) is 0 Å². The Morgan fingerprint density at radius 3 is 2.33 bits per heavy atom. The number of halogens is 3. The Kier molecular flexibility index (Phi) is 4.72. The smallest absolute Gasteiger partial charge is 0.466 e. The molecule has 1 atom stereocenters. The maximum absolute atomic E-state index is 12.2. The fourth-order valence-electron chi connectivity index (χ4n) is 2.32. The van der Waals surface area contributed by atoms with E-state index in [-0.39, 0.29) is 5.57 Å². The molecule has 2 rings (SSSR count). The highest BCUT2D eigenvalue weighted by molar-refractivity contribution is 5.94. The first kappa shape index (κ1) is 17.6. The van der Waals surface area contributed by atoms with E-state index < -0.39 is 30.2 Å². The van der Waals surface area contributed by atoms with E-state index in [1.165, 1.54) is 31.2 Å². The van der Waals surface area contributed by atoms with Crippen LogP contribution in [0.4, 0.5) is 18.0 Å². The van der Waals surface area contributed by atoms with E-state index in [0.717, 1.165) is 12.1 Å². The highest BCUT2D eigenvalue weighted by Gasteiger charge is 2.35. The van der Waals surface area contributed by atoms with Crippen molar-refractivity contribution >= 4 is 12.0 Å². The first-order valence-electron chi connectivity index (χ1n) is 6.83. The second-order valence-corrected chi connectivity index (χ2v) is 5.05. The number of urea groups is 1. The summed E-state index contributed by atoms with van der Waals surface area (Å²) in [7, 11) is 2.69. The molecule has 1 aliphatic rings. The van der Waals surface area contributed by atoms with E-state index in [4.69, 9.17) is 4.74 Å². The monoisotopic (exact) mass is 344 g/mol. The van der Waals surface area contributed by atoms with Crippen molar-refractivity contribution in [2.75, 3.05) is 14.2 Å². The molecule has 0 aromatic heterocycles. The number of rotatable bonds is 3. The third kappa shape index (κ3) is 3.61. The summed E-state index contributed by atoms with van der Waals surface area (Å²) in [6.45, 7) is 1.58. The Balaban J connectivity index is 2.38. The van der Waals surface area contributed by atoms with Crippen molar-refractivity contribution in [3.8, 4) is 5.75 Å². The van der Waals surface area contributed by atoms with Gasteiger partial charge in [-0.05, 0) is 24.6 Å². The van der Waals surface area contributed by atoms with Crippen LogP contribution in [0.1, 0.15) is 18.5 Å². The number of hydrogen-bond acceptors (Lipinski definition) is 4. The van der Waals surface area contributed by atoms with Gasteiger partial charge in [-0.1, -0.05) is 12.1 Å². The van der Waals surface area contributed by atoms with Crippen molar-refractivity contribution in [2.24, 2.45) is 0 Å². The Morgan fingerprint density at radius 2 is 1.83 bits per heavy atom. The number of esters is 1. The van der Waals surface area contributed by atoms with Crippen LogP contribution in [0.25, 0.3) is 0 Å². The van der Waals surface area contributed by atoms with Gasteiger partial charge in [-0.3, -0.25) is 0 Å². The molecule has 0 bridgehead atoms. The molecule has 0 fully saturated rings. The number of ether oxygens (including phenoxy) is 2. The number of carbonyl (C=O) groups is 2. The SMILES string of the molecule is COC(=O)C1=C(C)N(C)C(=O)N[C@H]1c1ccc(OC(F)(F)F)cc1. The maximum atomic E-state index is 12.2. The Hall–Kier alpha value is -2.71. The summed E-state index contributed by atoms with van der Waals surface area (Å²) < 4.78 is 45.1. The normalized spacial score (nSPS) is 18.3. The number of nitrogens with one attached hydrogen (secondary N) is 1. The van der Waals surface area contributed by atoms with Crippen LogP contribution in [-0.4, -0.2) is 37.4 Å². The number of benzene rings is 1. The van der Waals surface area contributed by atoms with Crippen molar-refractivity contribution in [1.29, 1.82) is 0 Å². The van der Waals surface area contributed by atoms with Gasteiger partial charge in [0.2, 0.25) is 0 Å². The summed E-state index contributed by atoms with van der Waals surface area (Å²) in [6, 6.07) is 3.62. The molecule has 0 saturated carbocycles. The van der Waals surface area contributed by atoms with Gasteiger partial charge in [0.05, 0.1) is 18.7 Å². The van der Waals surface area contributed by atoms with Crippen LogP contribution in [0, 0.1) is 0 Å². The van der Waals surface area contributed by atoms with Crippen molar-refractivity contribution < 1.29 is 32.2 Å². The average Bonchev–Trinajstić information content (AvgIpc) is 2.51. The van der Waals surface area contributed by atoms with Gasteiger partial charge in [0.15, 0.2) is 0 Å². The zero-order valence-electron chi connectivity index (χ0n) is 13.1. The zero-order chi connectivity index (χ0) is 18.1. The summed E-state index contributed by atoms with van der Waals surface area (Å²) in [4.78, 5) is 25.2. The van der Waals surface area contributed by atoms with Crippen molar-refractivity contribution in [1.82, 2.24) is 10.2 Å². The molecule has 9 heteroatoms. The number of amides is 2. The molecule has 1 heterocycles. The van der Waals surface area contributed by atoms with Crippen LogP contribution in [0.15, 0.2) is 35.5 Å². The third-order valence-corrected chi connectivity index (χ3v) is 3.61. The molecule has 130 valence electrons. The molecule has 2 amide bonds. The molecule has 1 aromatic rings. The maximum Gasteiger partial charge on any atom is 0.573 e. The van der Waals surface area contributed by atoms with Gasteiger partial charge in [0, 0.05) is 12.7 Å². The molecule has 6 nitrogen and oxygen atoms in total. The predicted octanol–water partition coefficient (Wildman–Crippen LogP) is 2.73. The molecular weight excluding hydrogens is 329 g/mol. The molecule has 0 radical (unpaired) electrons. The summed E-state index contributed by atoms with van der Waals surface area (Å²) in [5.74, 6) is -1.04. The Bertz CT molecular complexity index is 683. The summed E-state index contributed by atoms with van der Waals surface area (Å²) >= 11 is 0. The number of alkyl halides is 3. The van der Waals surface area contributed by atoms with Gasteiger partial charge >= 0.3 is 18.4 Å². The minimum atomic E-state index is -4.79. The number of methoxy groups -OCH3 is 1. The quantitative estimate of drug-likeness (QED) is 0.856. The van der Waals surface area contributed by atoms with Crippen molar-refractivity contribution in [3.05, 3.63) is 41.1 Å². The number of allylic oxidation sites excluding steroid dienone is 1. The van der Waals surface area contributed by atoms with Crippen LogP contribution in [-0.2, 0) is 9.53 Å². The molecule has 0 saturated heterocycles. The molecule has 1 aromatic carbocycles. The molecule has 24 heavy (non-hydrogen) atoms. The average molecular weight is 344 g/mol. The zero-order valence-corrected chi connectivity index (χ0v) is 13.1. The largest absolute Gasteiger partial charge is 0.573 e. The van der Waals surface area contributed by atoms with E-state index in [1.807, 2.05) is 0 Å². The van der Waals surface area contributed by atoms with Crippen LogP contribution in [0.3, 0.4) is 0 Å². The fraction of sp³-hybridized carbons (Fsp3) is 0.333. The topological polar surface area (TPSA) is 67.9 Å². The number of carbonyl (C=O) groups excluding carboxylic acids is 2. The molecule has 0 spiro atoms. The Morgan fingerprint density at radius 1 is 1.25 bits per heavy atom. The first-order valence-corrected chi connectivity index (χ1v) is 6.83. The van der Waals surface area contributed by atoms with Crippen LogP contribution < -0.4 is 10.1 Å². The van der Waals surface area contributed by atoms with Gasteiger partial charge in [-0.15, -0.1) is 13.2 Å². The molecule has 1 aliphatic heterocycles. The predicted molar refractivity (Wildman–Crippen MR) is 76.9 cm³/mol. The minimum absolute atomic E-state index is 0.198. The molecule has 1 N–H and O–H groups in total. The first-order chi connectivity index (χ1) is 11.1. The second-order valence-electron chi connectivity index (χ2n) is 5.05. The lowest BCUT2D eigenvalue weighted by molar-refractivity contribution is -0.274. The summed E-state index contributed by atoms with van der Waals surface area (Å²) in [6.07, 6.45) is -4.79. The van der Waals surface area contributed by atoms with E-state index in [9.17, 15) is 22.8 Å². The lowest BCUT2D eigenvalue weighted by atomic mass is 9.95. The standard InChI is InChI=1S/C15H15F3N2O4/c1-8-11(13(21)23-3)12(19-14(22)20(8)2)9-4-6-10(7-5-9)24-15(16,17)18/h4-7,12H,1-3H3,(H,19,22)/t12-/m0/s1. The fourth-order valence-corrected chi connectivity index (χ4v) is 2.32. The molecule has 0 unspecified atom stereocenters. The molecular formula is C15H15F3N2O4. The minimum Gasteiger partial charge on any atom is -0.466 e. The lowest BCUT2D eigenvalue weighted by Crippen LogP contribution is -2.46. The highest BCUT2D eigenvalue weighted by atomic mass is 19.4. The van der Waals surface area contributed by atoms with E-state index in [1.54, 1.807) is 6.92 Å². The lowest BCUT2D eigenvalue weighted by Gasteiger charge is -2.33. The highest BCUT2D eigenvalue weighted by Crippen LogP contribution is 2.32. The van der Waals surface area contributed by atoms with E-state index in [0.29, 0.717) is 11.3 Å².